The number of halogens is 3. The van der Waals surface area contributed by atoms with Gasteiger partial charge in [0.1, 0.15) is 4.90 Å². The Bertz CT molecular complexity index is 1350. The van der Waals surface area contributed by atoms with Gasteiger partial charge >= 0.3 is 6.18 Å². The van der Waals surface area contributed by atoms with Gasteiger partial charge in [-0.3, -0.25) is 0 Å². The van der Waals surface area contributed by atoms with Crippen LogP contribution in [0, 0.1) is 0 Å². The van der Waals surface area contributed by atoms with Crippen LogP contribution in [0.15, 0.2) is 41.3 Å². The van der Waals surface area contributed by atoms with Crippen molar-refractivity contribution in [2.24, 2.45) is 5.14 Å². The summed E-state index contributed by atoms with van der Waals surface area (Å²) < 4.78 is 71.9. The van der Waals surface area contributed by atoms with Gasteiger partial charge in [0.15, 0.2) is 0 Å². The predicted octanol–water partition coefficient (Wildman–Crippen LogP) is 2.37. The maximum atomic E-state index is 13.8. The zero-order chi connectivity index (χ0) is 26.9. The number of rotatable bonds is 6. The standard InChI is InChI=1S/C24H28F3N7O3S/c25-24(26,27)20-6-5-19(21(22(20)38(28,35)36)23-30-32-33-31-23)17-3-1-15(2-4-17)16-7-10-34(11-8-16)14-18-13-29-9-12-37-18/h1-6,16,18,29H,7-14H2,(H2,28,35,36)(H,30,31,32,33). The average molecular weight is 552 g/mol. The van der Waals surface area contributed by atoms with Crippen LogP contribution in [-0.2, 0) is 20.9 Å². The van der Waals surface area contributed by atoms with E-state index in [1.54, 1.807) is 12.1 Å². The van der Waals surface area contributed by atoms with Crippen LogP contribution in [-0.4, -0.2) is 79.4 Å². The van der Waals surface area contributed by atoms with Crippen molar-refractivity contribution in [2.45, 2.75) is 35.9 Å². The van der Waals surface area contributed by atoms with Crippen LogP contribution in [0.1, 0.15) is 29.9 Å². The zero-order valence-corrected chi connectivity index (χ0v) is 21.2. The Hall–Kier alpha value is -2.91. The molecule has 2 aliphatic heterocycles. The number of sulfonamides is 1. The summed E-state index contributed by atoms with van der Waals surface area (Å²) in [6, 6.07) is 9.31. The van der Waals surface area contributed by atoms with Crippen LogP contribution in [0.4, 0.5) is 13.2 Å². The van der Waals surface area contributed by atoms with Crippen LogP contribution in [0.2, 0.25) is 0 Å². The van der Waals surface area contributed by atoms with Crippen molar-refractivity contribution < 1.29 is 26.3 Å². The first-order chi connectivity index (χ1) is 18.1. The van der Waals surface area contributed by atoms with Crippen molar-refractivity contribution in [2.75, 3.05) is 39.3 Å². The second kappa shape index (κ2) is 10.7. The van der Waals surface area contributed by atoms with Crippen molar-refractivity contribution in [3.63, 3.8) is 0 Å². The van der Waals surface area contributed by atoms with Crippen LogP contribution in [0.25, 0.3) is 22.5 Å². The van der Waals surface area contributed by atoms with Crippen molar-refractivity contribution >= 4 is 10.0 Å². The van der Waals surface area contributed by atoms with Gasteiger partial charge in [0.05, 0.1) is 23.8 Å². The third-order valence-electron chi connectivity index (χ3n) is 7.06. The van der Waals surface area contributed by atoms with E-state index in [-0.39, 0.29) is 23.1 Å². The number of primary sulfonamides is 1. The molecule has 5 rings (SSSR count). The summed E-state index contributed by atoms with van der Waals surface area (Å²) in [6.07, 6.45) is -2.80. The second-order valence-electron chi connectivity index (χ2n) is 9.54. The van der Waals surface area contributed by atoms with Gasteiger partial charge in [0, 0.05) is 19.6 Å². The molecule has 3 heterocycles. The molecule has 4 N–H and O–H groups in total. The Morgan fingerprint density at radius 3 is 2.42 bits per heavy atom. The molecule has 14 heteroatoms. The highest BCUT2D eigenvalue weighted by molar-refractivity contribution is 7.89. The molecule has 3 aromatic rings. The molecular formula is C24H28F3N7O3S. The van der Waals surface area contributed by atoms with Crippen LogP contribution in [0.3, 0.4) is 0 Å². The number of aromatic amines is 1. The molecule has 0 spiro atoms. The Morgan fingerprint density at radius 1 is 1.11 bits per heavy atom. The zero-order valence-electron chi connectivity index (χ0n) is 20.4. The molecule has 2 aromatic carbocycles. The van der Waals surface area contributed by atoms with Crippen molar-refractivity contribution in [1.82, 2.24) is 30.8 Å². The molecule has 38 heavy (non-hydrogen) atoms. The molecule has 1 aromatic heterocycles. The van der Waals surface area contributed by atoms with Crippen molar-refractivity contribution in [3.05, 3.63) is 47.5 Å². The minimum Gasteiger partial charge on any atom is -0.374 e. The van der Waals surface area contributed by atoms with E-state index in [0.29, 0.717) is 17.5 Å². The molecular weight excluding hydrogens is 523 g/mol. The fraction of sp³-hybridized carbons (Fsp3) is 0.458. The van der Waals surface area contributed by atoms with Gasteiger partial charge in [0.2, 0.25) is 15.8 Å². The number of piperidine rings is 1. The Balaban J connectivity index is 1.41. The third-order valence-corrected chi connectivity index (χ3v) is 8.06. The number of morpholine rings is 1. The van der Waals surface area contributed by atoms with E-state index in [1.165, 1.54) is 6.07 Å². The second-order valence-corrected chi connectivity index (χ2v) is 11.0. The maximum Gasteiger partial charge on any atom is 0.417 e. The molecule has 0 radical (unpaired) electrons. The van der Waals surface area contributed by atoms with E-state index in [4.69, 9.17) is 9.88 Å². The van der Waals surface area contributed by atoms with Gasteiger partial charge in [0.25, 0.3) is 0 Å². The minimum atomic E-state index is -4.96. The monoisotopic (exact) mass is 551 g/mol. The molecule has 2 fully saturated rings. The van der Waals surface area contributed by atoms with E-state index < -0.39 is 26.7 Å². The van der Waals surface area contributed by atoms with E-state index in [2.05, 4.69) is 30.8 Å². The van der Waals surface area contributed by atoms with E-state index >= 15 is 0 Å². The summed E-state index contributed by atoms with van der Waals surface area (Å²) in [5, 5.41) is 21.7. The first kappa shape index (κ1) is 26.7. The summed E-state index contributed by atoms with van der Waals surface area (Å²) in [4.78, 5) is 1.33. The highest BCUT2D eigenvalue weighted by Crippen LogP contribution is 2.43. The van der Waals surface area contributed by atoms with Gasteiger partial charge in [-0.05, 0) is 59.8 Å². The molecule has 0 amide bonds. The van der Waals surface area contributed by atoms with Gasteiger partial charge in [-0.2, -0.15) is 18.4 Å². The molecule has 1 unspecified atom stereocenters. The summed E-state index contributed by atoms with van der Waals surface area (Å²) in [5.41, 5.74) is 0.0824. The lowest BCUT2D eigenvalue weighted by atomic mass is 9.87. The number of ether oxygens (including phenoxy) is 1. The normalized spacial score (nSPS) is 20.1. The largest absolute Gasteiger partial charge is 0.417 e. The predicted molar refractivity (Wildman–Crippen MR) is 132 cm³/mol. The fourth-order valence-electron chi connectivity index (χ4n) is 5.24. The third kappa shape index (κ3) is 5.73. The number of aromatic nitrogens is 4. The number of hydrogen-bond acceptors (Lipinski definition) is 8. The number of hydrogen-bond donors (Lipinski definition) is 3. The average Bonchev–Trinajstić information content (AvgIpc) is 3.43. The number of nitrogens with two attached hydrogens (primary N) is 1. The van der Waals surface area contributed by atoms with E-state index in [9.17, 15) is 21.6 Å². The number of benzene rings is 2. The van der Waals surface area contributed by atoms with Crippen LogP contribution >= 0.6 is 0 Å². The maximum absolute atomic E-state index is 13.8. The lowest BCUT2D eigenvalue weighted by molar-refractivity contribution is -0.139. The first-order valence-corrected chi connectivity index (χ1v) is 13.8. The molecule has 0 aliphatic carbocycles. The molecule has 2 aliphatic rings. The molecule has 1 atom stereocenters. The lowest BCUT2D eigenvalue weighted by Gasteiger charge is -2.35. The summed E-state index contributed by atoms with van der Waals surface area (Å²) >= 11 is 0. The summed E-state index contributed by atoms with van der Waals surface area (Å²) in [7, 11) is -4.80. The number of H-pyrrole nitrogens is 1. The summed E-state index contributed by atoms with van der Waals surface area (Å²) in [6.45, 7) is 5.29. The molecule has 0 saturated carbocycles. The van der Waals surface area contributed by atoms with E-state index in [1.807, 2.05) is 12.1 Å². The van der Waals surface area contributed by atoms with Gasteiger partial charge in [-0.1, -0.05) is 30.3 Å². The van der Waals surface area contributed by atoms with Gasteiger partial charge < -0.3 is 15.0 Å². The van der Waals surface area contributed by atoms with Crippen molar-refractivity contribution in [1.29, 1.82) is 0 Å². The summed E-state index contributed by atoms with van der Waals surface area (Å²) in [5.74, 6) is 0.0404. The SMILES string of the molecule is NS(=O)(=O)c1c(C(F)(F)F)ccc(-c2ccc(C3CCN(CC4CNCCO4)CC3)cc2)c1-c1nn[nH]n1. The number of alkyl halides is 3. The number of nitrogens with zero attached hydrogens (tertiary/aromatic N) is 4. The number of nitrogens with one attached hydrogen (secondary N) is 2. The van der Waals surface area contributed by atoms with Gasteiger partial charge in [-0.25, -0.2) is 13.6 Å². The smallest absolute Gasteiger partial charge is 0.374 e. The van der Waals surface area contributed by atoms with Crippen molar-refractivity contribution in [3.8, 4) is 22.5 Å². The first-order valence-electron chi connectivity index (χ1n) is 12.3. The van der Waals surface area contributed by atoms with Gasteiger partial charge in [-0.15, -0.1) is 10.2 Å². The number of likely N-dealkylation sites (tertiary alicyclic amines) is 1. The highest BCUT2D eigenvalue weighted by Gasteiger charge is 2.40. The molecule has 0 bridgehead atoms. The molecule has 10 nitrogen and oxygen atoms in total. The Kier molecular flexibility index (Phi) is 7.51. The van der Waals surface area contributed by atoms with Crippen LogP contribution < -0.4 is 10.5 Å². The molecule has 204 valence electrons. The number of tetrazole rings is 1. The minimum absolute atomic E-state index is 0.200. The highest BCUT2D eigenvalue weighted by atomic mass is 32.2. The topological polar surface area (TPSA) is 139 Å². The Morgan fingerprint density at radius 2 is 1.84 bits per heavy atom. The molecule has 2 saturated heterocycles. The fourth-order valence-corrected chi connectivity index (χ4v) is 6.22. The lowest BCUT2D eigenvalue weighted by Crippen LogP contribution is -2.47. The quantitative estimate of drug-likeness (QED) is 0.425. The van der Waals surface area contributed by atoms with E-state index in [0.717, 1.165) is 57.7 Å². The van der Waals surface area contributed by atoms with Crippen LogP contribution in [0.5, 0.6) is 0 Å². The Labute approximate surface area is 217 Å².